The van der Waals surface area contributed by atoms with E-state index < -0.39 is 0 Å². The van der Waals surface area contributed by atoms with Crippen molar-refractivity contribution in [3.8, 4) is 0 Å². The van der Waals surface area contributed by atoms with Crippen LogP contribution < -0.4 is 0 Å². The molecule has 1 N–H and O–H groups in total. The molecule has 0 aromatic heterocycles. The van der Waals surface area contributed by atoms with E-state index in [-0.39, 0.29) is 6.10 Å². The molecule has 1 aromatic carbocycles. The van der Waals surface area contributed by atoms with Crippen LogP contribution >= 0.6 is 0 Å². The van der Waals surface area contributed by atoms with Crippen LogP contribution in [0.5, 0.6) is 0 Å². The van der Waals surface area contributed by atoms with Crippen LogP contribution in [0.4, 0.5) is 0 Å². The monoisotopic (exact) mass is 190 g/mol. The lowest BCUT2D eigenvalue weighted by Crippen LogP contribution is -2.02. The van der Waals surface area contributed by atoms with Gasteiger partial charge in [-0.1, -0.05) is 42.5 Å². The quantitative estimate of drug-likeness (QED) is 0.708. The zero-order valence-electron chi connectivity index (χ0n) is 8.69. The van der Waals surface area contributed by atoms with Crippen molar-refractivity contribution >= 4 is 0 Å². The standard InChI is InChI=1S/C13H18O/c1-2-7-13(14)11-6-10-12-8-4-3-5-9-12/h2-5,7-9,13-14H,6,10-11H2,1H3/t13-/m1/s1. The van der Waals surface area contributed by atoms with Crippen LogP contribution in [0, 0.1) is 0 Å². The summed E-state index contributed by atoms with van der Waals surface area (Å²) in [7, 11) is 0. The average Bonchev–Trinajstić information content (AvgIpc) is 2.20. The smallest absolute Gasteiger partial charge is 0.0720 e. The Morgan fingerprint density at radius 1 is 1.29 bits per heavy atom. The maximum atomic E-state index is 9.44. The first-order chi connectivity index (χ1) is 6.83. The van der Waals surface area contributed by atoms with Gasteiger partial charge < -0.3 is 5.11 Å². The lowest BCUT2D eigenvalue weighted by Gasteiger charge is -2.04. The first-order valence-electron chi connectivity index (χ1n) is 5.17. The summed E-state index contributed by atoms with van der Waals surface area (Å²) in [6, 6.07) is 10.4. The van der Waals surface area contributed by atoms with Crippen LogP contribution in [-0.4, -0.2) is 11.2 Å². The Morgan fingerprint density at radius 2 is 2.00 bits per heavy atom. The maximum absolute atomic E-state index is 9.44. The molecule has 0 aliphatic heterocycles. The van der Waals surface area contributed by atoms with Crippen molar-refractivity contribution in [3.63, 3.8) is 0 Å². The van der Waals surface area contributed by atoms with Gasteiger partial charge in [0.15, 0.2) is 0 Å². The minimum atomic E-state index is -0.274. The zero-order chi connectivity index (χ0) is 10.2. The van der Waals surface area contributed by atoms with Gasteiger partial charge in [0.2, 0.25) is 0 Å². The minimum absolute atomic E-state index is 0.274. The fraction of sp³-hybridized carbons (Fsp3) is 0.385. The number of rotatable bonds is 5. The van der Waals surface area contributed by atoms with E-state index in [0.29, 0.717) is 0 Å². The molecule has 0 amide bonds. The summed E-state index contributed by atoms with van der Waals surface area (Å²) in [5.74, 6) is 0. The number of aliphatic hydroxyl groups is 1. The second kappa shape index (κ2) is 6.39. The highest BCUT2D eigenvalue weighted by Gasteiger charge is 1.98. The Labute approximate surface area is 86.1 Å². The summed E-state index contributed by atoms with van der Waals surface area (Å²) < 4.78 is 0. The molecule has 0 spiro atoms. The van der Waals surface area contributed by atoms with Crippen molar-refractivity contribution in [3.05, 3.63) is 48.0 Å². The molecule has 0 saturated heterocycles. The number of benzene rings is 1. The molecule has 0 radical (unpaired) electrons. The van der Waals surface area contributed by atoms with Gasteiger partial charge in [0, 0.05) is 0 Å². The molecule has 1 heteroatoms. The molecule has 0 aliphatic rings. The number of aryl methyl sites for hydroxylation is 1. The normalized spacial score (nSPS) is 13.3. The number of hydrogen-bond acceptors (Lipinski definition) is 1. The molecule has 0 fully saturated rings. The van der Waals surface area contributed by atoms with Crippen molar-refractivity contribution < 1.29 is 5.11 Å². The number of hydrogen-bond donors (Lipinski definition) is 1. The van der Waals surface area contributed by atoms with E-state index in [9.17, 15) is 5.11 Å². The maximum Gasteiger partial charge on any atom is 0.0720 e. The van der Waals surface area contributed by atoms with E-state index in [0.717, 1.165) is 19.3 Å². The highest BCUT2D eigenvalue weighted by molar-refractivity contribution is 5.14. The Bertz CT molecular complexity index is 264. The lowest BCUT2D eigenvalue weighted by atomic mass is 10.1. The van der Waals surface area contributed by atoms with Crippen LogP contribution in [0.1, 0.15) is 25.3 Å². The summed E-state index contributed by atoms with van der Waals surface area (Å²) in [6.07, 6.45) is 6.39. The van der Waals surface area contributed by atoms with Gasteiger partial charge in [-0.15, -0.1) is 0 Å². The molecule has 1 aromatic rings. The predicted octanol–water partition coefficient (Wildman–Crippen LogP) is 2.95. The first kappa shape index (κ1) is 11.0. The van der Waals surface area contributed by atoms with Gasteiger partial charge in [0.05, 0.1) is 6.10 Å². The van der Waals surface area contributed by atoms with Gasteiger partial charge >= 0.3 is 0 Å². The van der Waals surface area contributed by atoms with E-state index in [1.54, 1.807) is 0 Å². The summed E-state index contributed by atoms with van der Waals surface area (Å²) in [4.78, 5) is 0. The fourth-order valence-corrected chi connectivity index (χ4v) is 1.48. The number of allylic oxidation sites excluding steroid dienone is 1. The van der Waals surface area contributed by atoms with Gasteiger partial charge in [-0.05, 0) is 31.7 Å². The number of aliphatic hydroxyl groups excluding tert-OH is 1. The third kappa shape index (κ3) is 4.24. The predicted molar refractivity (Wildman–Crippen MR) is 60.2 cm³/mol. The minimum Gasteiger partial charge on any atom is -0.389 e. The van der Waals surface area contributed by atoms with E-state index in [4.69, 9.17) is 0 Å². The third-order valence-electron chi connectivity index (χ3n) is 2.22. The zero-order valence-corrected chi connectivity index (χ0v) is 8.69. The molecular formula is C13H18O. The van der Waals surface area contributed by atoms with Crippen molar-refractivity contribution in [2.45, 2.75) is 32.3 Å². The molecule has 0 heterocycles. The van der Waals surface area contributed by atoms with E-state index in [1.165, 1.54) is 5.56 Å². The van der Waals surface area contributed by atoms with Crippen LogP contribution in [0.2, 0.25) is 0 Å². The molecule has 1 atom stereocenters. The molecular weight excluding hydrogens is 172 g/mol. The van der Waals surface area contributed by atoms with E-state index >= 15 is 0 Å². The fourth-order valence-electron chi connectivity index (χ4n) is 1.48. The van der Waals surface area contributed by atoms with Crippen molar-refractivity contribution in [1.29, 1.82) is 0 Å². The van der Waals surface area contributed by atoms with Gasteiger partial charge in [-0.2, -0.15) is 0 Å². The molecule has 0 bridgehead atoms. The molecule has 0 unspecified atom stereocenters. The summed E-state index contributed by atoms with van der Waals surface area (Å²) in [5, 5.41) is 9.44. The van der Waals surface area contributed by atoms with Crippen LogP contribution in [-0.2, 0) is 6.42 Å². The molecule has 0 aliphatic carbocycles. The first-order valence-corrected chi connectivity index (χ1v) is 5.17. The Kier molecular flexibility index (Phi) is 5.02. The van der Waals surface area contributed by atoms with Crippen LogP contribution in [0.15, 0.2) is 42.5 Å². The lowest BCUT2D eigenvalue weighted by molar-refractivity contribution is 0.209. The van der Waals surface area contributed by atoms with E-state index in [2.05, 4.69) is 24.3 Å². The molecule has 0 saturated carbocycles. The Hall–Kier alpha value is -1.08. The Balaban J connectivity index is 2.22. The third-order valence-corrected chi connectivity index (χ3v) is 2.22. The van der Waals surface area contributed by atoms with Crippen molar-refractivity contribution in [1.82, 2.24) is 0 Å². The molecule has 14 heavy (non-hydrogen) atoms. The Morgan fingerprint density at radius 3 is 2.64 bits per heavy atom. The van der Waals surface area contributed by atoms with Crippen molar-refractivity contribution in [2.75, 3.05) is 0 Å². The summed E-state index contributed by atoms with van der Waals surface area (Å²) >= 11 is 0. The average molecular weight is 190 g/mol. The van der Waals surface area contributed by atoms with Gasteiger partial charge in [0.1, 0.15) is 0 Å². The van der Waals surface area contributed by atoms with Crippen LogP contribution in [0.3, 0.4) is 0 Å². The second-order valence-corrected chi connectivity index (χ2v) is 3.47. The topological polar surface area (TPSA) is 20.2 Å². The summed E-state index contributed by atoms with van der Waals surface area (Å²) in [6.45, 7) is 1.93. The summed E-state index contributed by atoms with van der Waals surface area (Å²) in [5.41, 5.74) is 1.35. The largest absolute Gasteiger partial charge is 0.389 e. The SMILES string of the molecule is CC=C[C@@H](O)CCCc1ccccc1. The molecule has 1 rings (SSSR count). The van der Waals surface area contributed by atoms with Gasteiger partial charge in [-0.3, -0.25) is 0 Å². The molecule has 1 nitrogen and oxygen atoms in total. The van der Waals surface area contributed by atoms with Crippen molar-refractivity contribution in [2.24, 2.45) is 0 Å². The van der Waals surface area contributed by atoms with Gasteiger partial charge in [0.25, 0.3) is 0 Å². The highest BCUT2D eigenvalue weighted by atomic mass is 16.3. The highest BCUT2D eigenvalue weighted by Crippen LogP contribution is 2.06. The second-order valence-electron chi connectivity index (χ2n) is 3.47. The molecule has 76 valence electrons. The van der Waals surface area contributed by atoms with Gasteiger partial charge in [-0.25, -0.2) is 0 Å². The van der Waals surface area contributed by atoms with Crippen LogP contribution in [0.25, 0.3) is 0 Å². The van der Waals surface area contributed by atoms with E-state index in [1.807, 2.05) is 25.1 Å².